The van der Waals surface area contributed by atoms with Gasteiger partial charge in [0.1, 0.15) is 5.52 Å². The third-order valence-corrected chi connectivity index (χ3v) is 2.80. The Morgan fingerprint density at radius 1 is 1.42 bits per heavy atom. The molecule has 0 fully saturated rings. The van der Waals surface area contributed by atoms with Crippen molar-refractivity contribution in [1.29, 1.82) is 0 Å². The van der Waals surface area contributed by atoms with E-state index in [1.807, 2.05) is 0 Å². The molecule has 0 atom stereocenters. The van der Waals surface area contributed by atoms with Crippen molar-refractivity contribution in [3.8, 4) is 0 Å². The van der Waals surface area contributed by atoms with Gasteiger partial charge in [-0.25, -0.2) is 4.98 Å². The third-order valence-electron chi connectivity index (χ3n) is 2.80. The lowest BCUT2D eigenvalue weighted by atomic mass is 9.88. The average Bonchev–Trinajstić information content (AvgIpc) is 2.74. The van der Waals surface area contributed by atoms with E-state index in [2.05, 4.69) is 10.3 Å². The Morgan fingerprint density at radius 3 is 2.84 bits per heavy atom. The van der Waals surface area contributed by atoms with Gasteiger partial charge in [-0.05, 0) is 12.1 Å². The number of oxazole rings is 1. The quantitative estimate of drug-likeness (QED) is 0.881. The van der Waals surface area contributed by atoms with Crippen LogP contribution in [-0.4, -0.2) is 22.0 Å². The van der Waals surface area contributed by atoms with Crippen molar-refractivity contribution in [3.05, 3.63) is 24.6 Å². The van der Waals surface area contributed by atoms with Gasteiger partial charge >= 0.3 is 5.97 Å². The van der Waals surface area contributed by atoms with Crippen LogP contribution in [0.1, 0.15) is 20.3 Å². The lowest BCUT2D eigenvalue weighted by molar-refractivity contribution is -0.142. The van der Waals surface area contributed by atoms with E-state index in [-0.39, 0.29) is 12.3 Å². The van der Waals surface area contributed by atoms with Gasteiger partial charge in [0.25, 0.3) is 0 Å². The summed E-state index contributed by atoms with van der Waals surface area (Å²) >= 11 is 0. The van der Waals surface area contributed by atoms with Crippen LogP contribution in [0.5, 0.6) is 0 Å². The summed E-state index contributed by atoms with van der Waals surface area (Å²) in [6, 6.07) is 5.06. The third kappa shape index (κ3) is 2.90. The molecular formula is C13H14N2O4. The summed E-state index contributed by atoms with van der Waals surface area (Å²) in [5.41, 5.74) is 0.826. The van der Waals surface area contributed by atoms with E-state index >= 15 is 0 Å². The normalized spacial score (nSPS) is 11.5. The minimum Gasteiger partial charge on any atom is -0.481 e. The van der Waals surface area contributed by atoms with Crippen molar-refractivity contribution < 1.29 is 19.1 Å². The zero-order valence-electron chi connectivity index (χ0n) is 10.6. The summed E-state index contributed by atoms with van der Waals surface area (Å²) in [5.74, 6) is -1.36. The maximum atomic E-state index is 12.0. The Hall–Kier alpha value is -2.37. The fourth-order valence-electron chi connectivity index (χ4n) is 1.69. The van der Waals surface area contributed by atoms with E-state index in [4.69, 9.17) is 9.52 Å². The largest absolute Gasteiger partial charge is 0.481 e. The molecule has 0 saturated heterocycles. The summed E-state index contributed by atoms with van der Waals surface area (Å²) < 4.78 is 5.13. The molecular weight excluding hydrogens is 248 g/mol. The van der Waals surface area contributed by atoms with Crippen LogP contribution >= 0.6 is 0 Å². The molecule has 0 saturated carbocycles. The monoisotopic (exact) mass is 262 g/mol. The topological polar surface area (TPSA) is 92.4 Å². The lowest BCUT2D eigenvalue weighted by Crippen LogP contribution is -2.32. The summed E-state index contributed by atoms with van der Waals surface area (Å²) in [5, 5.41) is 11.5. The van der Waals surface area contributed by atoms with Gasteiger partial charge in [-0.15, -0.1) is 0 Å². The molecule has 1 aromatic carbocycles. The summed E-state index contributed by atoms with van der Waals surface area (Å²) in [6.45, 7) is 3.17. The Labute approximate surface area is 109 Å². The molecule has 0 spiro atoms. The second-order valence-corrected chi connectivity index (χ2v) is 4.94. The highest BCUT2D eigenvalue weighted by atomic mass is 16.4. The number of benzene rings is 1. The first kappa shape index (κ1) is 13.1. The highest BCUT2D eigenvalue weighted by Crippen LogP contribution is 2.24. The number of aliphatic carboxylic acids is 1. The first-order valence-corrected chi connectivity index (χ1v) is 5.75. The molecule has 2 rings (SSSR count). The highest BCUT2D eigenvalue weighted by Gasteiger charge is 2.30. The molecule has 1 heterocycles. The number of aromatic nitrogens is 1. The molecule has 0 aliphatic rings. The standard InChI is InChI=1S/C13H14N2O4/c1-13(2,6-11(16)17)12(18)15-8-3-4-9-10(5-8)19-7-14-9/h3-5,7H,6H2,1-2H3,(H,15,18)(H,16,17). The van der Waals surface area contributed by atoms with Crippen molar-refractivity contribution in [3.63, 3.8) is 0 Å². The minimum atomic E-state index is -1.01. The van der Waals surface area contributed by atoms with Crippen LogP contribution in [0.2, 0.25) is 0 Å². The van der Waals surface area contributed by atoms with E-state index in [9.17, 15) is 9.59 Å². The van der Waals surface area contributed by atoms with Crippen molar-refractivity contribution in [2.24, 2.45) is 5.41 Å². The van der Waals surface area contributed by atoms with Gasteiger partial charge in [0.2, 0.25) is 5.91 Å². The maximum Gasteiger partial charge on any atom is 0.304 e. The molecule has 6 nitrogen and oxygen atoms in total. The Bertz CT molecular complexity index is 630. The highest BCUT2D eigenvalue weighted by molar-refractivity contribution is 5.97. The van der Waals surface area contributed by atoms with Crippen molar-refractivity contribution >= 4 is 28.7 Å². The van der Waals surface area contributed by atoms with E-state index < -0.39 is 11.4 Å². The Kier molecular flexibility index (Phi) is 3.25. The average molecular weight is 262 g/mol. The van der Waals surface area contributed by atoms with Crippen LogP contribution in [-0.2, 0) is 9.59 Å². The van der Waals surface area contributed by atoms with Gasteiger partial charge < -0.3 is 14.8 Å². The number of hydrogen-bond donors (Lipinski definition) is 2. The molecule has 0 bridgehead atoms. The molecule has 1 aromatic heterocycles. The number of hydrogen-bond acceptors (Lipinski definition) is 4. The number of carbonyl (C=O) groups excluding carboxylic acids is 1. The fraction of sp³-hybridized carbons (Fsp3) is 0.308. The van der Waals surface area contributed by atoms with E-state index in [1.54, 1.807) is 32.0 Å². The molecule has 6 heteroatoms. The van der Waals surface area contributed by atoms with E-state index in [1.165, 1.54) is 6.39 Å². The molecule has 0 radical (unpaired) electrons. The van der Waals surface area contributed by atoms with Crippen molar-refractivity contribution in [2.75, 3.05) is 5.32 Å². The number of fused-ring (bicyclic) bond motifs is 1. The molecule has 19 heavy (non-hydrogen) atoms. The maximum absolute atomic E-state index is 12.0. The molecule has 100 valence electrons. The first-order valence-electron chi connectivity index (χ1n) is 5.75. The molecule has 0 aliphatic carbocycles. The minimum absolute atomic E-state index is 0.233. The predicted molar refractivity (Wildman–Crippen MR) is 68.7 cm³/mol. The Morgan fingerprint density at radius 2 is 2.16 bits per heavy atom. The number of carboxylic acids is 1. The van der Waals surface area contributed by atoms with Gasteiger partial charge in [0, 0.05) is 11.8 Å². The SMILES string of the molecule is CC(C)(CC(=O)O)C(=O)Nc1ccc2ncoc2c1. The van der Waals surface area contributed by atoms with Crippen molar-refractivity contribution in [1.82, 2.24) is 4.98 Å². The number of anilines is 1. The van der Waals surface area contributed by atoms with Crippen molar-refractivity contribution in [2.45, 2.75) is 20.3 Å². The number of nitrogens with one attached hydrogen (secondary N) is 1. The second kappa shape index (κ2) is 4.72. The van der Waals surface area contributed by atoms with Gasteiger partial charge in [-0.1, -0.05) is 13.8 Å². The smallest absolute Gasteiger partial charge is 0.304 e. The van der Waals surface area contributed by atoms with Crippen LogP contribution in [0.15, 0.2) is 29.0 Å². The molecule has 2 aromatic rings. The van der Waals surface area contributed by atoms with Crippen LogP contribution in [0.3, 0.4) is 0 Å². The van der Waals surface area contributed by atoms with E-state index in [0.29, 0.717) is 16.8 Å². The van der Waals surface area contributed by atoms with Gasteiger partial charge in [-0.3, -0.25) is 9.59 Å². The van der Waals surface area contributed by atoms with Crippen LogP contribution in [0.25, 0.3) is 11.1 Å². The number of carboxylic acid groups (broad SMARTS) is 1. The summed E-state index contributed by atoms with van der Waals surface area (Å²) in [4.78, 5) is 26.7. The first-order chi connectivity index (χ1) is 8.88. The number of nitrogens with zero attached hydrogens (tertiary/aromatic N) is 1. The van der Waals surface area contributed by atoms with E-state index in [0.717, 1.165) is 0 Å². The molecule has 2 N–H and O–H groups in total. The van der Waals surface area contributed by atoms with Gasteiger partial charge in [0.15, 0.2) is 12.0 Å². The number of rotatable bonds is 4. The molecule has 1 amide bonds. The molecule has 0 aliphatic heterocycles. The second-order valence-electron chi connectivity index (χ2n) is 4.94. The summed E-state index contributed by atoms with van der Waals surface area (Å²) in [7, 11) is 0. The van der Waals surface area contributed by atoms with Gasteiger partial charge in [-0.2, -0.15) is 0 Å². The van der Waals surface area contributed by atoms with Gasteiger partial charge in [0.05, 0.1) is 11.8 Å². The van der Waals surface area contributed by atoms with Crippen LogP contribution < -0.4 is 5.32 Å². The number of carbonyl (C=O) groups is 2. The Balaban J connectivity index is 2.15. The van der Waals surface area contributed by atoms with Crippen LogP contribution in [0, 0.1) is 5.41 Å². The zero-order chi connectivity index (χ0) is 14.0. The predicted octanol–water partition coefficient (Wildman–Crippen LogP) is 2.27. The van der Waals surface area contributed by atoms with Crippen LogP contribution in [0.4, 0.5) is 5.69 Å². The molecule has 0 unspecified atom stereocenters. The lowest BCUT2D eigenvalue weighted by Gasteiger charge is -2.21. The zero-order valence-corrected chi connectivity index (χ0v) is 10.6. The summed E-state index contributed by atoms with van der Waals surface area (Å²) in [6.07, 6.45) is 1.09. The number of amides is 1. The fourth-order valence-corrected chi connectivity index (χ4v) is 1.69.